The Morgan fingerprint density at radius 1 is 1.33 bits per heavy atom. The van der Waals surface area contributed by atoms with Crippen molar-refractivity contribution < 1.29 is 4.79 Å². The third kappa shape index (κ3) is 3.89. The van der Waals surface area contributed by atoms with Crippen molar-refractivity contribution in [3.8, 4) is 0 Å². The molecule has 0 unspecified atom stereocenters. The summed E-state index contributed by atoms with van der Waals surface area (Å²) in [6, 6.07) is 9.98. The minimum absolute atomic E-state index is 0.0336. The highest BCUT2D eigenvalue weighted by Gasteiger charge is 2.16. The number of nitrogens with one attached hydrogen (secondary N) is 1. The van der Waals surface area contributed by atoms with E-state index >= 15 is 0 Å². The van der Waals surface area contributed by atoms with Gasteiger partial charge in [-0.05, 0) is 19.4 Å². The molecule has 0 spiro atoms. The predicted octanol–water partition coefficient (Wildman–Crippen LogP) is 3.12. The van der Waals surface area contributed by atoms with Crippen molar-refractivity contribution in [3.63, 3.8) is 0 Å². The molecule has 6 heteroatoms. The first-order valence-corrected chi connectivity index (χ1v) is 8.76. The molecule has 3 aromatic rings. The number of benzene rings is 1. The molecule has 0 bridgehead atoms. The van der Waals surface area contributed by atoms with Gasteiger partial charge in [-0.2, -0.15) is 0 Å². The van der Waals surface area contributed by atoms with Gasteiger partial charge in [0.05, 0.1) is 17.2 Å². The van der Waals surface area contributed by atoms with Crippen molar-refractivity contribution in [2.75, 3.05) is 0 Å². The molecule has 2 aromatic heterocycles. The molecule has 3 rings (SSSR count). The largest absolute Gasteiger partial charge is 0.349 e. The molecule has 1 aromatic carbocycles. The van der Waals surface area contributed by atoms with E-state index < -0.39 is 0 Å². The van der Waals surface area contributed by atoms with Crippen LogP contribution in [0.5, 0.6) is 0 Å². The lowest BCUT2D eigenvalue weighted by molar-refractivity contribution is -0.124. The Kier molecular flexibility index (Phi) is 5.05. The number of aromatic nitrogens is 3. The Bertz CT molecular complexity index is 809. The maximum absolute atomic E-state index is 12.3. The Morgan fingerprint density at radius 3 is 2.83 bits per heavy atom. The van der Waals surface area contributed by atoms with E-state index in [9.17, 15) is 4.79 Å². The van der Waals surface area contributed by atoms with Crippen molar-refractivity contribution >= 4 is 17.2 Å². The highest BCUT2D eigenvalue weighted by atomic mass is 32.1. The summed E-state index contributed by atoms with van der Waals surface area (Å²) in [6.45, 7) is 4.20. The van der Waals surface area contributed by atoms with E-state index in [0.717, 1.165) is 22.9 Å². The number of imidazole rings is 1. The number of amides is 1. The molecule has 1 amide bonds. The summed E-state index contributed by atoms with van der Waals surface area (Å²) < 4.78 is 1.86. The zero-order chi connectivity index (χ0) is 16.9. The lowest BCUT2D eigenvalue weighted by atomic mass is 10.2. The van der Waals surface area contributed by atoms with E-state index in [0.29, 0.717) is 6.54 Å². The van der Waals surface area contributed by atoms with E-state index in [1.165, 1.54) is 5.56 Å². The standard InChI is InChI=1S/C18H20N4OS/c1-13(22-9-8-19-14(22)2)18(23)20-11-16-12-24-17(21-16)10-15-6-4-3-5-7-15/h3-9,12-13H,10-11H2,1-2H3,(H,20,23)/t13-/m0/s1. The van der Waals surface area contributed by atoms with E-state index in [1.54, 1.807) is 17.5 Å². The van der Waals surface area contributed by atoms with Crippen LogP contribution in [-0.2, 0) is 17.8 Å². The van der Waals surface area contributed by atoms with Crippen LogP contribution in [-0.4, -0.2) is 20.4 Å². The molecular formula is C18H20N4OS. The fourth-order valence-corrected chi connectivity index (χ4v) is 3.36. The normalized spacial score (nSPS) is 12.1. The first-order chi connectivity index (χ1) is 11.6. The Morgan fingerprint density at radius 2 is 2.12 bits per heavy atom. The first kappa shape index (κ1) is 16.4. The SMILES string of the molecule is Cc1nccn1[C@@H](C)C(=O)NCc1csc(Cc2ccccc2)n1. The number of aryl methyl sites for hydroxylation is 1. The molecule has 5 nitrogen and oxygen atoms in total. The predicted molar refractivity (Wildman–Crippen MR) is 94.9 cm³/mol. The van der Waals surface area contributed by atoms with Gasteiger partial charge in [-0.15, -0.1) is 11.3 Å². The zero-order valence-corrected chi connectivity index (χ0v) is 14.6. The number of thiazole rings is 1. The smallest absolute Gasteiger partial charge is 0.243 e. The van der Waals surface area contributed by atoms with Gasteiger partial charge in [0, 0.05) is 24.2 Å². The minimum atomic E-state index is -0.282. The Hall–Kier alpha value is -2.47. The Labute approximate surface area is 145 Å². The minimum Gasteiger partial charge on any atom is -0.349 e. The lowest BCUT2D eigenvalue weighted by Crippen LogP contribution is -2.30. The van der Waals surface area contributed by atoms with Crippen LogP contribution in [0.3, 0.4) is 0 Å². The summed E-state index contributed by atoms with van der Waals surface area (Å²) in [5.41, 5.74) is 2.14. The molecule has 124 valence electrons. The lowest BCUT2D eigenvalue weighted by Gasteiger charge is -2.14. The van der Waals surface area contributed by atoms with Crippen molar-refractivity contribution in [3.05, 3.63) is 70.2 Å². The van der Waals surface area contributed by atoms with Crippen LogP contribution in [0.15, 0.2) is 48.1 Å². The van der Waals surface area contributed by atoms with Crippen LogP contribution >= 0.6 is 11.3 Å². The molecule has 0 radical (unpaired) electrons. The van der Waals surface area contributed by atoms with Gasteiger partial charge in [-0.25, -0.2) is 9.97 Å². The second-order valence-electron chi connectivity index (χ2n) is 5.67. The van der Waals surface area contributed by atoms with Crippen LogP contribution < -0.4 is 5.32 Å². The van der Waals surface area contributed by atoms with Gasteiger partial charge in [-0.1, -0.05) is 30.3 Å². The van der Waals surface area contributed by atoms with Crippen LogP contribution in [0.25, 0.3) is 0 Å². The van der Waals surface area contributed by atoms with E-state index in [2.05, 4.69) is 27.4 Å². The average Bonchev–Trinajstić information content (AvgIpc) is 3.22. The van der Waals surface area contributed by atoms with Crippen LogP contribution in [0.1, 0.15) is 35.1 Å². The van der Waals surface area contributed by atoms with Gasteiger partial charge < -0.3 is 9.88 Å². The summed E-state index contributed by atoms with van der Waals surface area (Å²) >= 11 is 1.63. The molecule has 0 saturated carbocycles. The summed E-state index contributed by atoms with van der Waals surface area (Å²) in [4.78, 5) is 21.0. The highest BCUT2D eigenvalue weighted by molar-refractivity contribution is 7.09. The molecule has 0 fully saturated rings. The Balaban J connectivity index is 1.55. The fraction of sp³-hybridized carbons (Fsp3) is 0.278. The van der Waals surface area contributed by atoms with Gasteiger partial charge in [-0.3, -0.25) is 4.79 Å². The second kappa shape index (κ2) is 7.40. The molecule has 2 heterocycles. The number of carbonyl (C=O) groups excluding carboxylic acids is 1. The van der Waals surface area contributed by atoms with Gasteiger partial charge in [0.1, 0.15) is 11.9 Å². The van der Waals surface area contributed by atoms with Gasteiger partial charge in [0.25, 0.3) is 0 Å². The molecule has 0 aliphatic carbocycles. The fourth-order valence-electron chi connectivity index (χ4n) is 2.53. The topological polar surface area (TPSA) is 59.8 Å². The molecule has 0 saturated heterocycles. The van der Waals surface area contributed by atoms with Crippen molar-refractivity contribution in [1.29, 1.82) is 0 Å². The molecule has 1 N–H and O–H groups in total. The van der Waals surface area contributed by atoms with E-state index in [4.69, 9.17) is 0 Å². The quantitative estimate of drug-likeness (QED) is 0.750. The number of hydrogen-bond acceptors (Lipinski definition) is 4. The number of rotatable bonds is 6. The van der Waals surface area contributed by atoms with Crippen molar-refractivity contribution in [2.24, 2.45) is 0 Å². The summed E-state index contributed by atoms with van der Waals surface area (Å²) in [7, 11) is 0. The van der Waals surface area contributed by atoms with Crippen LogP contribution in [0.2, 0.25) is 0 Å². The maximum Gasteiger partial charge on any atom is 0.243 e. The number of nitrogens with zero attached hydrogens (tertiary/aromatic N) is 3. The molecular weight excluding hydrogens is 320 g/mol. The van der Waals surface area contributed by atoms with E-state index in [1.807, 2.05) is 48.2 Å². The van der Waals surface area contributed by atoms with Gasteiger partial charge in [0.15, 0.2) is 0 Å². The number of carbonyl (C=O) groups is 1. The molecule has 0 aliphatic heterocycles. The summed E-state index contributed by atoms with van der Waals surface area (Å²) in [6.07, 6.45) is 4.35. The highest BCUT2D eigenvalue weighted by Crippen LogP contribution is 2.15. The monoisotopic (exact) mass is 340 g/mol. The van der Waals surface area contributed by atoms with Crippen molar-refractivity contribution in [1.82, 2.24) is 19.9 Å². The maximum atomic E-state index is 12.3. The number of hydrogen-bond donors (Lipinski definition) is 1. The average molecular weight is 340 g/mol. The molecule has 24 heavy (non-hydrogen) atoms. The third-order valence-electron chi connectivity index (χ3n) is 3.90. The van der Waals surface area contributed by atoms with Gasteiger partial charge >= 0.3 is 0 Å². The summed E-state index contributed by atoms with van der Waals surface area (Å²) in [5, 5.41) is 6.01. The van der Waals surface area contributed by atoms with Crippen LogP contribution in [0, 0.1) is 6.92 Å². The first-order valence-electron chi connectivity index (χ1n) is 7.88. The molecule has 0 aliphatic rings. The zero-order valence-electron chi connectivity index (χ0n) is 13.8. The van der Waals surface area contributed by atoms with Crippen molar-refractivity contribution in [2.45, 2.75) is 32.9 Å². The summed E-state index contributed by atoms with van der Waals surface area (Å²) in [5.74, 6) is 0.796. The van der Waals surface area contributed by atoms with E-state index in [-0.39, 0.29) is 11.9 Å². The molecule has 1 atom stereocenters. The third-order valence-corrected chi connectivity index (χ3v) is 4.80. The second-order valence-corrected chi connectivity index (χ2v) is 6.61. The van der Waals surface area contributed by atoms with Gasteiger partial charge in [0.2, 0.25) is 5.91 Å². The van der Waals surface area contributed by atoms with Crippen LogP contribution in [0.4, 0.5) is 0 Å².